The molecular formula is C14H20O2. The van der Waals surface area contributed by atoms with Crippen LogP contribution in [0.1, 0.15) is 39.2 Å². The maximum absolute atomic E-state index is 10.3. The van der Waals surface area contributed by atoms with E-state index >= 15 is 0 Å². The predicted molar refractivity (Wildman–Crippen MR) is 64.5 cm³/mol. The standard InChI is InChI=1S/C14H20O2/c1-10(2)14(3,15)11-4-6-12(7-5-11)16-13-8-9-13/h4-7,10,13,15H,8-9H2,1-3H3. The maximum Gasteiger partial charge on any atom is 0.119 e. The lowest BCUT2D eigenvalue weighted by Crippen LogP contribution is -2.27. The van der Waals surface area contributed by atoms with Crippen LogP contribution < -0.4 is 4.74 Å². The van der Waals surface area contributed by atoms with Crippen molar-refractivity contribution in [1.29, 1.82) is 0 Å². The minimum atomic E-state index is -0.766. The zero-order chi connectivity index (χ0) is 11.8. The van der Waals surface area contributed by atoms with Crippen LogP contribution in [0.15, 0.2) is 24.3 Å². The van der Waals surface area contributed by atoms with E-state index in [0.717, 1.165) is 11.3 Å². The summed E-state index contributed by atoms with van der Waals surface area (Å²) in [6, 6.07) is 7.81. The Hall–Kier alpha value is -1.02. The zero-order valence-corrected chi connectivity index (χ0v) is 10.2. The Morgan fingerprint density at radius 1 is 1.25 bits per heavy atom. The molecule has 1 N–H and O–H groups in total. The lowest BCUT2D eigenvalue weighted by molar-refractivity contribution is 0.00901. The van der Waals surface area contributed by atoms with Crippen LogP contribution in [-0.4, -0.2) is 11.2 Å². The zero-order valence-electron chi connectivity index (χ0n) is 10.2. The molecule has 1 aliphatic rings. The number of hydrogen-bond acceptors (Lipinski definition) is 2. The molecule has 2 nitrogen and oxygen atoms in total. The molecule has 2 rings (SSSR count). The molecule has 0 saturated heterocycles. The van der Waals surface area contributed by atoms with Crippen molar-refractivity contribution in [2.24, 2.45) is 5.92 Å². The SMILES string of the molecule is CC(C)C(C)(O)c1ccc(OC2CC2)cc1. The van der Waals surface area contributed by atoms with Crippen molar-refractivity contribution in [3.05, 3.63) is 29.8 Å². The largest absolute Gasteiger partial charge is 0.490 e. The molecular weight excluding hydrogens is 200 g/mol. The Labute approximate surface area is 97.3 Å². The van der Waals surface area contributed by atoms with E-state index < -0.39 is 5.60 Å². The second-order valence-electron chi connectivity index (χ2n) is 5.14. The van der Waals surface area contributed by atoms with E-state index in [-0.39, 0.29) is 5.92 Å². The predicted octanol–water partition coefficient (Wildman–Crippen LogP) is 3.09. The van der Waals surface area contributed by atoms with Crippen molar-refractivity contribution >= 4 is 0 Å². The Bertz CT molecular complexity index is 348. The van der Waals surface area contributed by atoms with Gasteiger partial charge in [0.2, 0.25) is 0 Å². The second kappa shape index (κ2) is 4.10. The van der Waals surface area contributed by atoms with Crippen LogP contribution in [0.25, 0.3) is 0 Å². The van der Waals surface area contributed by atoms with Gasteiger partial charge in [0.1, 0.15) is 5.75 Å². The number of rotatable bonds is 4. The fraction of sp³-hybridized carbons (Fsp3) is 0.571. The van der Waals surface area contributed by atoms with Gasteiger partial charge in [0.15, 0.2) is 0 Å². The van der Waals surface area contributed by atoms with Crippen molar-refractivity contribution in [2.75, 3.05) is 0 Å². The Morgan fingerprint density at radius 3 is 2.25 bits per heavy atom. The lowest BCUT2D eigenvalue weighted by atomic mass is 9.85. The van der Waals surface area contributed by atoms with Gasteiger partial charge in [-0.15, -0.1) is 0 Å². The van der Waals surface area contributed by atoms with Crippen LogP contribution in [0.4, 0.5) is 0 Å². The average molecular weight is 220 g/mol. The molecule has 1 fully saturated rings. The first-order valence-corrected chi connectivity index (χ1v) is 5.99. The molecule has 1 aromatic carbocycles. The van der Waals surface area contributed by atoms with Crippen molar-refractivity contribution in [3.8, 4) is 5.75 Å². The molecule has 1 aromatic rings. The van der Waals surface area contributed by atoms with Gasteiger partial charge >= 0.3 is 0 Å². The van der Waals surface area contributed by atoms with E-state index in [2.05, 4.69) is 0 Å². The third kappa shape index (κ3) is 2.38. The average Bonchev–Trinajstić information content (AvgIpc) is 3.02. The highest BCUT2D eigenvalue weighted by Crippen LogP contribution is 2.31. The number of hydrogen-bond donors (Lipinski definition) is 1. The van der Waals surface area contributed by atoms with Gasteiger partial charge in [-0.3, -0.25) is 0 Å². The molecule has 0 amide bonds. The Morgan fingerprint density at radius 2 is 1.81 bits per heavy atom. The third-order valence-electron chi connectivity index (χ3n) is 3.39. The highest BCUT2D eigenvalue weighted by Gasteiger charge is 2.27. The lowest BCUT2D eigenvalue weighted by Gasteiger charge is -2.28. The van der Waals surface area contributed by atoms with Crippen LogP contribution >= 0.6 is 0 Å². The molecule has 1 unspecified atom stereocenters. The molecule has 1 aliphatic carbocycles. The molecule has 0 heterocycles. The summed E-state index contributed by atoms with van der Waals surface area (Å²) >= 11 is 0. The molecule has 0 spiro atoms. The number of benzene rings is 1. The van der Waals surface area contributed by atoms with Crippen molar-refractivity contribution in [1.82, 2.24) is 0 Å². The molecule has 0 bridgehead atoms. The molecule has 2 heteroatoms. The van der Waals surface area contributed by atoms with E-state index in [0.29, 0.717) is 6.10 Å². The second-order valence-corrected chi connectivity index (χ2v) is 5.14. The fourth-order valence-corrected chi connectivity index (χ4v) is 1.58. The normalized spacial score (nSPS) is 19.6. The van der Waals surface area contributed by atoms with Gasteiger partial charge in [0.25, 0.3) is 0 Å². The summed E-state index contributed by atoms with van der Waals surface area (Å²) in [4.78, 5) is 0. The Balaban J connectivity index is 2.11. The summed E-state index contributed by atoms with van der Waals surface area (Å²) < 4.78 is 5.67. The van der Waals surface area contributed by atoms with Crippen LogP contribution in [0.5, 0.6) is 5.75 Å². The topological polar surface area (TPSA) is 29.5 Å². The summed E-state index contributed by atoms with van der Waals surface area (Å²) in [7, 11) is 0. The summed E-state index contributed by atoms with van der Waals surface area (Å²) in [6.07, 6.45) is 2.77. The summed E-state index contributed by atoms with van der Waals surface area (Å²) in [5.74, 6) is 1.11. The third-order valence-corrected chi connectivity index (χ3v) is 3.39. The highest BCUT2D eigenvalue weighted by molar-refractivity contribution is 5.31. The molecule has 0 aliphatic heterocycles. The Kier molecular flexibility index (Phi) is 2.94. The van der Waals surface area contributed by atoms with Crippen molar-refractivity contribution < 1.29 is 9.84 Å². The van der Waals surface area contributed by atoms with Gasteiger partial charge in [0.05, 0.1) is 11.7 Å². The number of aliphatic hydroxyl groups is 1. The minimum absolute atomic E-state index is 0.197. The highest BCUT2D eigenvalue weighted by atomic mass is 16.5. The van der Waals surface area contributed by atoms with E-state index in [1.807, 2.05) is 45.0 Å². The van der Waals surface area contributed by atoms with Gasteiger partial charge in [-0.05, 0) is 43.4 Å². The summed E-state index contributed by atoms with van der Waals surface area (Å²) in [5.41, 5.74) is 0.184. The molecule has 88 valence electrons. The van der Waals surface area contributed by atoms with Crippen LogP contribution in [-0.2, 0) is 5.60 Å². The van der Waals surface area contributed by atoms with E-state index in [1.54, 1.807) is 0 Å². The van der Waals surface area contributed by atoms with Crippen LogP contribution in [0, 0.1) is 5.92 Å². The minimum Gasteiger partial charge on any atom is -0.490 e. The van der Waals surface area contributed by atoms with E-state index in [4.69, 9.17) is 4.74 Å². The molecule has 0 aromatic heterocycles. The summed E-state index contributed by atoms with van der Waals surface area (Å²) in [6.45, 7) is 5.90. The van der Waals surface area contributed by atoms with Gasteiger partial charge in [-0.25, -0.2) is 0 Å². The van der Waals surface area contributed by atoms with Gasteiger partial charge in [-0.1, -0.05) is 26.0 Å². The van der Waals surface area contributed by atoms with Crippen LogP contribution in [0.3, 0.4) is 0 Å². The quantitative estimate of drug-likeness (QED) is 0.845. The van der Waals surface area contributed by atoms with Crippen molar-refractivity contribution in [3.63, 3.8) is 0 Å². The molecule has 16 heavy (non-hydrogen) atoms. The van der Waals surface area contributed by atoms with Gasteiger partial charge in [0, 0.05) is 0 Å². The molecule has 1 saturated carbocycles. The first-order valence-electron chi connectivity index (χ1n) is 5.99. The maximum atomic E-state index is 10.3. The molecule has 1 atom stereocenters. The fourth-order valence-electron chi connectivity index (χ4n) is 1.58. The molecule has 0 radical (unpaired) electrons. The van der Waals surface area contributed by atoms with E-state index in [1.165, 1.54) is 12.8 Å². The number of ether oxygens (including phenoxy) is 1. The monoisotopic (exact) mass is 220 g/mol. The summed E-state index contributed by atoms with van der Waals surface area (Å²) in [5, 5.41) is 10.3. The van der Waals surface area contributed by atoms with Gasteiger partial charge in [-0.2, -0.15) is 0 Å². The van der Waals surface area contributed by atoms with E-state index in [9.17, 15) is 5.11 Å². The van der Waals surface area contributed by atoms with Gasteiger partial charge < -0.3 is 9.84 Å². The first kappa shape index (κ1) is 11.5. The van der Waals surface area contributed by atoms with Crippen molar-refractivity contribution in [2.45, 2.75) is 45.3 Å². The first-order chi connectivity index (χ1) is 7.50. The smallest absolute Gasteiger partial charge is 0.119 e. The van der Waals surface area contributed by atoms with Crippen LogP contribution in [0.2, 0.25) is 0 Å².